The first-order valence-corrected chi connectivity index (χ1v) is 13.0. The maximum Gasteiger partial charge on any atom is 0.250 e. The van der Waals surface area contributed by atoms with Gasteiger partial charge in [0.1, 0.15) is 0 Å². The molecule has 1 aliphatic carbocycles. The molecule has 1 heterocycles. The van der Waals surface area contributed by atoms with Gasteiger partial charge in [-0.3, -0.25) is 4.79 Å². The molecule has 1 aromatic heterocycles. The van der Waals surface area contributed by atoms with Gasteiger partial charge in [-0.05, 0) is 60.4 Å². The SMILES string of the molecule is Cc1cc(/C=N\NC(=O)CSC2c3ccccc3-c3ccccc32)c(C)n1-c1ccc(Cl)cc1Cl. The van der Waals surface area contributed by atoms with E-state index in [2.05, 4.69) is 59.1 Å². The average Bonchev–Trinajstić information content (AvgIpc) is 3.31. The molecule has 35 heavy (non-hydrogen) atoms. The summed E-state index contributed by atoms with van der Waals surface area (Å²) in [6, 6.07) is 24.2. The van der Waals surface area contributed by atoms with Crippen molar-refractivity contribution in [3.05, 3.63) is 111 Å². The number of nitrogens with one attached hydrogen (secondary N) is 1. The van der Waals surface area contributed by atoms with Crippen LogP contribution in [-0.4, -0.2) is 22.4 Å². The van der Waals surface area contributed by atoms with Gasteiger partial charge in [0.15, 0.2) is 0 Å². The number of aromatic nitrogens is 1. The number of thioether (sulfide) groups is 1. The molecule has 1 aliphatic rings. The number of carbonyl (C=O) groups is 1. The number of benzene rings is 3. The Kier molecular flexibility index (Phi) is 6.74. The predicted molar refractivity (Wildman–Crippen MR) is 147 cm³/mol. The second-order valence-electron chi connectivity index (χ2n) is 8.42. The van der Waals surface area contributed by atoms with Gasteiger partial charge in [-0.25, -0.2) is 5.43 Å². The number of aryl methyl sites for hydroxylation is 1. The van der Waals surface area contributed by atoms with Crippen LogP contribution in [0.1, 0.15) is 33.3 Å². The fraction of sp³-hybridized carbons (Fsp3) is 0.143. The second-order valence-corrected chi connectivity index (χ2v) is 10.4. The van der Waals surface area contributed by atoms with Crippen LogP contribution < -0.4 is 5.43 Å². The summed E-state index contributed by atoms with van der Waals surface area (Å²) < 4.78 is 2.05. The van der Waals surface area contributed by atoms with Crippen molar-refractivity contribution in [2.24, 2.45) is 5.10 Å². The third-order valence-corrected chi connectivity index (χ3v) is 7.98. The van der Waals surface area contributed by atoms with Crippen LogP contribution in [-0.2, 0) is 4.79 Å². The lowest BCUT2D eigenvalue weighted by atomic mass is 10.1. The van der Waals surface area contributed by atoms with Gasteiger partial charge in [0.25, 0.3) is 0 Å². The van der Waals surface area contributed by atoms with Crippen LogP contribution in [0.15, 0.2) is 77.9 Å². The molecule has 3 aromatic carbocycles. The summed E-state index contributed by atoms with van der Waals surface area (Å²) in [6.45, 7) is 3.99. The summed E-state index contributed by atoms with van der Waals surface area (Å²) in [4.78, 5) is 12.6. The summed E-state index contributed by atoms with van der Waals surface area (Å²) in [5.41, 5.74) is 11.4. The Hall–Kier alpha value is -2.99. The number of carbonyl (C=O) groups excluding carboxylic acids is 1. The number of amides is 1. The molecule has 0 atom stereocenters. The Morgan fingerprint density at radius 1 is 1.00 bits per heavy atom. The van der Waals surface area contributed by atoms with Crippen LogP contribution in [0.4, 0.5) is 0 Å². The molecule has 1 N–H and O–H groups in total. The second kappa shape index (κ2) is 9.94. The van der Waals surface area contributed by atoms with Crippen LogP contribution in [0, 0.1) is 13.8 Å². The molecule has 0 saturated heterocycles. The highest BCUT2D eigenvalue weighted by molar-refractivity contribution is 8.00. The van der Waals surface area contributed by atoms with Crippen molar-refractivity contribution in [2.75, 3.05) is 5.75 Å². The van der Waals surface area contributed by atoms with Crippen LogP contribution in [0.25, 0.3) is 16.8 Å². The topological polar surface area (TPSA) is 46.4 Å². The maximum atomic E-state index is 12.6. The molecule has 0 unspecified atom stereocenters. The minimum atomic E-state index is -0.136. The zero-order valence-corrected chi connectivity index (χ0v) is 21.6. The van der Waals surface area contributed by atoms with Crippen molar-refractivity contribution in [3.63, 3.8) is 0 Å². The first kappa shape index (κ1) is 23.7. The van der Waals surface area contributed by atoms with E-state index in [1.54, 1.807) is 24.0 Å². The molecule has 0 aliphatic heterocycles. The predicted octanol–water partition coefficient (Wildman–Crippen LogP) is 7.35. The van der Waals surface area contributed by atoms with Gasteiger partial charge in [0.2, 0.25) is 5.91 Å². The largest absolute Gasteiger partial charge is 0.316 e. The molecule has 0 spiro atoms. The zero-order valence-electron chi connectivity index (χ0n) is 19.3. The summed E-state index contributed by atoms with van der Waals surface area (Å²) in [7, 11) is 0. The number of fused-ring (bicyclic) bond motifs is 3. The van der Waals surface area contributed by atoms with Crippen LogP contribution >= 0.6 is 35.0 Å². The lowest BCUT2D eigenvalue weighted by Gasteiger charge is -2.12. The highest BCUT2D eigenvalue weighted by Crippen LogP contribution is 2.49. The van der Waals surface area contributed by atoms with E-state index in [0.29, 0.717) is 15.8 Å². The van der Waals surface area contributed by atoms with Crippen LogP contribution in [0.5, 0.6) is 0 Å². The molecular formula is C28H23Cl2N3OS. The third-order valence-electron chi connectivity index (χ3n) is 6.17. The molecule has 4 nitrogen and oxygen atoms in total. The standard InChI is InChI=1S/C28H23Cl2N3OS/c1-17-13-19(18(2)33(17)26-12-11-20(29)14-25(26)30)15-31-32-27(34)16-35-28-23-9-5-3-7-21(23)22-8-4-6-10-24(22)28/h3-15,28H,16H2,1-2H3,(H,32,34)/b31-15-. The van der Waals surface area contributed by atoms with E-state index in [1.807, 2.05) is 36.6 Å². The first-order chi connectivity index (χ1) is 16.9. The molecule has 0 bridgehead atoms. The minimum Gasteiger partial charge on any atom is -0.316 e. The van der Waals surface area contributed by atoms with Gasteiger partial charge in [-0.15, -0.1) is 11.8 Å². The summed E-state index contributed by atoms with van der Waals surface area (Å²) in [5, 5.41) is 5.52. The molecule has 4 aromatic rings. The minimum absolute atomic E-state index is 0.136. The molecule has 1 amide bonds. The van der Waals surface area contributed by atoms with E-state index >= 15 is 0 Å². The zero-order chi connectivity index (χ0) is 24.5. The molecule has 176 valence electrons. The van der Waals surface area contributed by atoms with E-state index in [-0.39, 0.29) is 11.2 Å². The van der Waals surface area contributed by atoms with E-state index in [9.17, 15) is 4.79 Å². The Labute approximate surface area is 219 Å². The average molecular weight is 520 g/mol. The van der Waals surface area contributed by atoms with Gasteiger partial charge in [0, 0.05) is 22.0 Å². The molecule has 5 rings (SSSR count). The van der Waals surface area contributed by atoms with Crippen molar-refractivity contribution in [2.45, 2.75) is 19.1 Å². The van der Waals surface area contributed by atoms with E-state index in [1.165, 1.54) is 22.3 Å². The van der Waals surface area contributed by atoms with Gasteiger partial charge < -0.3 is 4.57 Å². The summed E-state index contributed by atoms with van der Waals surface area (Å²) in [5.74, 6) is 0.173. The number of hydrogen-bond donors (Lipinski definition) is 1. The molecule has 0 fully saturated rings. The van der Waals surface area contributed by atoms with Crippen LogP contribution in [0.2, 0.25) is 10.0 Å². The monoisotopic (exact) mass is 519 g/mol. The normalized spacial score (nSPS) is 12.7. The van der Waals surface area contributed by atoms with Gasteiger partial charge in [-0.1, -0.05) is 71.7 Å². The first-order valence-electron chi connectivity index (χ1n) is 11.2. The maximum absolute atomic E-state index is 12.6. The summed E-state index contributed by atoms with van der Waals surface area (Å²) in [6.07, 6.45) is 1.67. The molecular weight excluding hydrogens is 497 g/mol. The quantitative estimate of drug-likeness (QED) is 0.213. The Balaban J connectivity index is 1.26. The highest BCUT2D eigenvalue weighted by Gasteiger charge is 2.28. The summed E-state index contributed by atoms with van der Waals surface area (Å²) >= 11 is 14.1. The molecule has 7 heteroatoms. The van der Waals surface area contributed by atoms with Crippen molar-refractivity contribution >= 4 is 47.1 Å². The van der Waals surface area contributed by atoms with E-state index in [4.69, 9.17) is 23.2 Å². The Bertz CT molecular complexity index is 1420. The Morgan fingerprint density at radius 2 is 1.66 bits per heavy atom. The van der Waals surface area contributed by atoms with Crippen molar-refractivity contribution in [1.82, 2.24) is 9.99 Å². The van der Waals surface area contributed by atoms with Crippen molar-refractivity contribution in [3.8, 4) is 16.8 Å². The number of hydrogen-bond acceptors (Lipinski definition) is 3. The van der Waals surface area contributed by atoms with Crippen molar-refractivity contribution < 1.29 is 4.79 Å². The highest BCUT2D eigenvalue weighted by atomic mass is 35.5. The van der Waals surface area contributed by atoms with Crippen LogP contribution in [0.3, 0.4) is 0 Å². The van der Waals surface area contributed by atoms with Gasteiger partial charge >= 0.3 is 0 Å². The van der Waals surface area contributed by atoms with Crippen molar-refractivity contribution in [1.29, 1.82) is 0 Å². The number of halogens is 2. The van der Waals surface area contributed by atoms with Gasteiger partial charge in [0.05, 0.1) is 27.9 Å². The number of hydrazone groups is 1. The lowest BCUT2D eigenvalue weighted by molar-refractivity contribution is -0.118. The fourth-order valence-corrected chi connectivity index (χ4v) is 6.25. The molecule has 0 radical (unpaired) electrons. The third kappa shape index (κ3) is 4.64. The number of nitrogens with zero attached hydrogens (tertiary/aromatic N) is 2. The smallest absolute Gasteiger partial charge is 0.250 e. The molecule has 0 saturated carbocycles. The number of rotatable bonds is 6. The lowest BCUT2D eigenvalue weighted by Crippen LogP contribution is -2.20. The fourth-order valence-electron chi connectivity index (χ4n) is 4.61. The Morgan fingerprint density at radius 3 is 2.31 bits per heavy atom. The van der Waals surface area contributed by atoms with E-state index in [0.717, 1.165) is 22.6 Å². The van der Waals surface area contributed by atoms with Gasteiger partial charge in [-0.2, -0.15) is 5.10 Å². The van der Waals surface area contributed by atoms with E-state index < -0.39 is 0 Å².